The first-order chi connectivity index (χ1) is 15.7. The van der Waals surface area contributed by atoms with Crippen molar-refractivity contribution in [1.82, 2.24) is 14.7 Å². The number of rotatable bonds is 7. The summed E-state index contributed by atoms with van der Waals surface area (Å²) in [6.45, 7) is 5.65. The molecule has 2 saturated carbocycles. The van der Waals surface area contributed by atoms with Gasteiger partial charge in [0, 0.05) is 22.8 Å². The van der Waals surface area contributed by atoms with E-state index in [0.29, 0.717) is 41.1 Å². The summed E-state index contributed by atoms with van der Waals surface area (Å²) in [5.74, 6) is 0.325. The minimum absolute atomic E-state index is 0.0418. The minimum atomic E-state index is -4.10. The highest BCUT2D eigenvalue weighted by atomic mass is 32.2. The highest BCUT2D eigenvalue weighted by Crippen LogP contribution is 2.53. The normalized spacial score (nSPS) is 17.2. The molecule has 2 heterocycles. The fourth-order valence-electron chi connectivity index (χ4n) is 4.25. The summed E-state index contributed by atoms with van der Waals surface area (Å²) in [5.41, 5.74) is 2.18. The zero-order valence-electron chi connectivity index (χ0n) is 19.0. The molecular weight excluding hydrogens is 438 g/mol. The summed E-state index contributed by atoms with van der Waals surface area (Å²) in [6.07, 6.45) is 5.01. The molecule has 2 aromatic heterocycles. The van der Waals surface area contributed by atoms with E-state index in [2.05, 4.69) is 14.7 Å². The molecule has 2 aliphatic carbocycles. The quantitative estimate of drug-likeness (QED) is 0.563. The van der Waals surface area contributed by atoms with Crippen LogP contribution in [0.1, 0.15) is 62.3 Å². The number of nitrogens with one attached hydrogen (secondary N) is 1. The number of benzene rings is 1. The third-order valence-corrected chi connectivity index (χ3v) is 7.71. The first-order valence-corrected chi connectivity index (χ1v) is 12.8. The second kappa shape index (κ2) is 7.80. The Balaban J connectivity index is 1.50. The summed E-state index contributed by atoms with van der Waals surface area (Å²) in [5, 5.41) is 0.481. The van der Waals surface area contributed by atoms with Gasteiger partial charge in [-0.2, -0.15) is 0 Å². The summed E-state index contributed by atoms with van der Waals surface area (Å²) in [6, 6.07) is 10.4. The van der Waals surface area contributed by atoms with Crippen molar-refractivity contribution >= 4 is 26.8 Å². The largest absolute Gasteiger partial charge is 0.475 e. The van der Waals surface area contributed by atoms with Gasteiger partial charge in [0.05, 0.1) is 21.9 Å². The maximum Gasteiger partial charge on any atom is 0.264 e. The van der Waals surface area contributed by atoms with Crippen LogP contribution in [0.4, 0.5) is 0 Å². The molecule has 0 radical (unpaired) electrons. The Kier molecular flexibility index (Phi) is 5.16. The number of hydrogen-bond donors (Lipinski definition) is 1. The second-order valence-corrected chi connectivity index (χ2v) is 11.0. The van der Waals surface area contributed by atoms with E-state index in [1.54, 1.807) is 24.3 Å². The number of carbonyl (C=O) groups is 1. The van der Waals surface area contributed by atoms with Crippen LogP contribution in [0.15, 0.2) is 47.5 Å². The Morgan fingerprint density at radius 3 is 2.61 bits per heavy atom. The number of carbonyl (C=O) groups excluding carboxylic acids is 1. The highest BCUT2D eigenvalue weighted by Gasteiger charge is 2.55. The van der Waals surface area contributed by atoms with Gasteiger partial charge in [-0.05, 0) is 88.3 Å². The molecule has 33 heavy (non-hydrogen) atoms. The van der Waals surface area contributed by atoms with E-state index < -0.39 is 21.3 Å². The molecule has 0 bridgehead atoms. The van der Waals surface area contributed by atoms with Crippen LogP contribution in [0.5, 0.6) is 5.88 Å². The smallest absolute Gasteiger partial charge is 0.264 e. The van der Waals surface area contributed by atoms with E-state index >= 15 is 0 Å². The molecule has 0 atom stereocenters. The summed E-state index contributed by atoms with van der Waals surface area (Å²) in [4.78, 5) is 22.4. The Labute approximate surface area is 193 Å². The van der Waals surface area contributed by atoms with Crippen LogP contribution >= 0.6 is 0 Å². The van der Waals surface area contributed by atoms with Gasteiger partial charge in [0.1, 0.15) is 0 Å². The number of nitrogens with zero attached hydrogens (tertiary/aromatic N) is 2. The molecular formula is C25H27N3O4S. The molecule has 7 nitrogen and oxygen atoms in total. The van der Waals surface area contributed by atoms with Gasteiger partial charge < -0.3 is 4.74 Å². The Hall–Kier alpha value is -3.00. The predicted octanol–water partition coefficient (Wildman–Crippen LogP) is 4.14. The Morgan fingerprint density at radius 1 is 1.18 bits per heavy atom. The first-order valence-electron chi connectivity index (χ1n) is 11.3. The molecule has 0 aliphatic heterocycles. The van der Waals surface area contributed by atoms with Crippen LogP contribution in [0.3, 0.4) is 0 Å². The molecule has 1 amide bonds. The number of pyridine rings is 2. The van der Waals surface area contributed by atoms with E-state index in [0.717, 1.165) is 24.1 Å². The van der Waals surface area contributed by atoms with Crippen molar-refractivity contribution in [2.75, 3.05) is 0 Å². The predicted molar refractivity (Wildman–Crippen MR) is 125 cm³/mol. The molecule has 172 valence electrons. The SMILES string of the molecule is Cc1ccc2c(S(=O)(=O)NC(=O)C3(c4cc(C5CC5)cnc4OC(C)C)CC3)cccc2n1. The lowest BCUT2D eigenvalue weighted by atomic mass is 9.94. The van der Waals surface area contributed by atoms with Crippen LogP contribution in [-0.2, 0) is 20.2 Å². The average molecular weight is 466 g/mol. The average Bonchev–Trinajstić information content (AvgIpc) is 3.66. The van der Waals surface area contributed by atoms with Gasteiger partial charge in [-0.15, -0.1) is 0 Å². The van der Waals surface area contributed by atoms with Crippen LogP contribution in [-0.4, -0.2) is 30.4 Å². The number of aryl methyl sites for hydroxylation is 1. The van der Waals surface area contributed by atoms with Crippen molar-refractivity contribution < 1.29 is 17.9 Å². The summed E-state index contributed by atoms with van der Waals surface area (Å²) >= 11 is 0. The van der Waals surface area contributed by atoms with Gasteiger partial charge in [-0.1, -0.05) is 6.07 Å². The van der Waals surface area contributed by atoms with Gasteiger partial charge in [0.2, 0.25) is 11.8 Å². The number of hydrogen-bond acceptors (Lipinski definition) is 6. The fourth-order valence-corrected chi connectivity index (χ4v) is 5.52. The molecule has 3 aromatic rings. The summed E-state index contributed by atoms with van der Waals surface area (Å²) < 4.78 is 34.8. The van der Waals surface area contributed by atoms with Crippen molar-refractivity contribution in [3.8, 4) is 5.88 Å². The topological polar surface area (TPSA) is 98.2 Å². The van der Waals surface area contributed by atoms with Crippen LogP contribution < -0.4 is 9.46 Å². The maximum absolute atomic E-state index is 13.5. The van der Waals surface area contributed by atoms with Gasteiger partial charge in [-0.3, -0.25) is 9.78 Å². The fraction of sp³-hybridized carbons (Fsp3) is 0.400. The first kappa shape index (κ1) is 21.8. The Morgan fingerprint density at radius 2 is 1.94 bits per heavy atom. The number of ether oxygens (including phenoxy) is 1. The molecule has 1 aromatic carbocycles. The monoisotopic (exact) mass is 465 g/mol. The van der Waals surface area contributed by atoms with Crippen molar-refractivity contribution in [1.29, 1.82) is 0 Å². The van der Waals surface area contributed by atoms with Crippen LogP contribution in [0.2, 0.25) is 0 Å². The number of sulfonamides is 1. The molecule has 1 N–H and O–H groups in total. The standard InChI is InChI=1S/C25H27N3O4S/c1-15(2)32-23-20(13-18(14-26-23)17-8-9-17)25(11-12-25)24(29)28-33(30,31)22-6-4-5-21-19(22)10-7-16(3)27-21/h4-7,10,13-15,17H,8-9,11-12H2,1-3H3,(H,28,29). The third kappa shape index (κ3) is 4.08. The Bertz CT molecular complexity index is 1360. The molecule has 8 heteroatoms. The van der Waals surface area contributed by atoms with E-state index in [1.165, 1.54) is 6.07 Å². The zero-order valence-corrected chi connectivity index (χ0v) is 19.8. The van der Waals surface area contributed by atoms with E-state index in [4.69, 9.17) is 4.74 Å². The molecule has 0 saturated heterocycles. The van der Waals surface area contributed by atoms with Crippen molar-refractivity contribution in [2.24, 2.45) is 0 Å². The molecule has 0 unspecified atom stereocenters. The second-order valence-electron chi connectivity index (χ2n) is 9.35. The van der Waals surface area contributed by atoms with E-state index in [1.807, 2.05) is 33.0 Å². The maximum atomic E-state index is 13.5. The highest BCUT2D eigenvalue weighted by molar-refractivity contribution is 7.90. The van der Waals surface area contributed by atoms with Gasteiger partial charge >= 0.3 is 0 Å². The van der Waals surface area contributed by atoms with Gasteiger partial charge in [0.15, 0.2) is 0 Å². The van der Waals surface area contributed by atoms with E-state index in [9.17, 15) is 13.2 Å². The molecule has 0 spiro atoms. The molecule has 2 aliphatic rings. The van der Waals surface area contributed by atoms with Gasteiger partial charge in [0.25, 0.3) is 10.0 Å². The lowest BCUT2D eigenvalue weighted by Gasteiger charge is -2.21. The number of aromatic nitrogens is 2. The number of amides is 1. The van der Waals surface area contributed by atoms with Crippen molar-refractivity contribution in [3.05, 3.63) is 59.4 Å². The van der Waals surface area contributed by atoms with Crippen LogP contribution in [0.25, 0.3) is 10.9 Å². The van der Waals surface area contributed by atoms with Crippen molar-refractivity contribution in [3.63, 3.8) is 0 Å². The van der Waals surface area contributed by atoms with Gasteiger partial charge in [-0.25, -0.2) is 18.1 Å². The van der Waals surface area contributed by atoms with Crippen molar-refractivity contribution in [2.45, 2.75) is 68.8 Å². The van der Waals surface area contributed by atoms with Crippen LogP contribution in [0, 0.1) is 6.92 Å². The molecule has 5 rings (SSSR count). The molecule has 2 fully saturated rings. The lowest BCUT2D eigenvalue weighted by molar-refractivity contribution is -0.121. The zero-order chi connectivity index (χ0) is 23.4. The van der Waals surface area contributed by atoms with E-state index in [-0.39, 0.29) is 11.0 Å². The summed E-state index contributed by atoms with van der Waals surface area (Å²) in [7, 11) is -4.10. The number of fused-ring (bicyclic) bond motifs is 1. The minimum Gasteiger partial charge on any atom is -0.475 e. The lowest BCUT2D eigenvalue weighted by Crippen LogP contribution is -2.39. The third-order valence-electron chi connectivity index (χ3n) is 6.32.